The Morgan fingerprint density at radius 3 is 3.07 bits per heavy atom. The first-order chi connectivity index (χ1) is 7.25. The van der Waals surface area contributed by atoms with Crippen LogP contribution in [0.15, 0.2) is 18.6 Å². The van der Waals surface area contributed by atoms with Crippen LogP contribution in [-0.2, 0) is 11.2 Å². The molecule has 5 nitrogen and oxygen atoms in total. The van der Waals surface area contributed by atoms with Gasteiger partial charge in [-0.25, -0.2) is 9.97 Å². The maximum atomic E-state index is 11.3. The van der Waals surface area contributed by atoms with E-state index in [2.05, 4.69) is 9.97 Å². The lowest BCUT2D eigenvalue weighted by Crippen LogP contribution is -2.28. The quantitative estimate of drug-likeness (QED) is 0.733. The van der Waals surface area contributed by atoms with E-state index in [0.717, 1.165) is 5.69 Å². The highest BCUT2D eigenvalue weighted by atomic mass is 16.3. The molecule has 1 N–H and O–H groups in total. The molecule has 1 amide bonds. The van der Waals surface area contributed by atoms with Gasteiger partial charge in [-0.15, -0.1) is 0 Å². The summed E-state index contributed by atoms with van der Waals surface area (Å²) in [7, 11) is 0. The molecule has 1 aliphatic rings. The summed E-state index contributed by atoms with van der Waals surface area (Å²) in [6.07, 6.45) is 3.65. The van der Waals surface area contributed by atoms with E-state index in [1.165, 1.54) is 6.33 Å². The number of carbonyl (C=O) groups excluding carboxylic acids is 1. The monoisotopic (exact) mass is 207 g/mol. The molecule has 1 aliphatic heterocycles. The zero-order valence-electron chi connectivity index (χ0n) is 8.33. The fraction of sp³-hybridized carbons (Fsp3) is 0.500. The Labute approximate surface area is 87.8 Å². The van der Waals surface area contributed by atoms with E-state index < -0.39 is 6.10 Å². The number of carbonyl (C=O) groups is 1. The average molecular weight is 207 g/mol. The zero-order chi connectivity index (χ0) is 10.7. The van der Waals surface area contributed by atoms with Crippen LogP contribution >= 0.6 is 0 Å². The van der Waals surface area contributed by atoms with Crippen LogP contribution in [0.2, 0.25) is 0 Å². The predicted molar refractivity (Wildman–Crippen MR) is 52.9 cm³/mol. The third kappa shape index (κ3) is 2.50. The van der Waals surface area contributed by atoms with E-state index in [4.69, 9.17) is 0 Å². The molecular weight excluding hydrogens is 194 g/mol. The van der Waals surface area contributed by atoms with E-state index in [1.807, 2.05) is 6.07 Å². The van der Waals surface area contributed by atoms with Crippen molar-refractivity contribution < 1.29 is 9.90 Å². The fourth-order valence-electron chi connectivity index (χ4n) is 1.68. The molecule has 0 aliphatic carbocycles. The van der Waals surface area contributed by atoms with Crippen molar-refractivity contribution in [1.29, 1.82) is 0 Å². The summed E-state index contributed by atoms with van der Waals surface area (Å²) in [6.45, 7) is 1.07. The second kappa shape index (κ2) is 4.35. The van der Waals surface area contributed by atoms with Gasteiger partial charge in [-0.2, -0.15) is 0 Å². The molecule has 2 rings (SSSR count). The second-order valence-corrected chi connectivity index (χ2v) is 3.65. The van der Waals surface area contributed by atoms with Crippen LogP contribution < -0.4 is 0 Å². The third-order valence-corrected chi connectivity index (χ3v) is 2.48. The Kier molecular flexibility index (Phi) is 2.91. The number of amides is 1. The molecule has 1 atom stereocenters. The topological polar surface area (TPSA) is 66.3 Å². The summed E-state index contributed by atoms with van der Waals surface area (Å²) in [4.78, 5) is 20.9. The van der Waals surface area contributed by atoms with Crippen LogP contribution in [0.4, 0.5) is 0 Å². The number of aliphatic hydroxyl groups is 1. The van der Waals surface area contributed by atoms with Gasteiger partial charge < -0.3 is 10.0 Å². The zero-order valence-corrected chi connectivity index (χ0v) is 8.33. The molecule has 0 saturated carbocycles. The highest BCUT2D eigenvalue weighted by Gasteiger charge is 2.27. The summed E-state index contributed by atoms with van der Waals surface area (Å²) < 4.78 is 0. The van der Waals surface area contributed by atoms with Crippen molar-refractivity contribution in [3.8, 4) is 0 Å². The highest BCUT2D eigenvalue weighted by Crippen LogP contribution is 2.10. The Morgan fingerprint density at radius 2 is 2.47 bits per heavy atom. The number of aromatic nitrogens is 2. The maximum Gasteiger partial charge on any atom is 0.225 e. The number of hydrogen-bond donors (Lipinski definition) is 1. The SMILES string of the molecule is O=C1CC(O)CN1CCc1ccncn1. The molecular formula is C10H13N3O2. The number of likely N-dealkylation sites (tertiary alicyclic amines) is 1. The minimum atomic E-state index is -0.497. The molecule has 0 radical (unpaired) electrons. The number of aliphatic hydroxyl groups excluding tert-OH is 1. The normalized spacial score (nSPS) is 21.0. The summed E-state index contributed by atoms with van der Waals surface area (Å²) >= 11 is 0. The Hall–Kier alpha value is -1.49. The summed E-state index contributed by atoms with van der Waals surface area (Å²) in [5.41, 5.74) is 0.916. The molecule has 0 bridgehead atoms. The molecule has 0 aromatic carbocycles. The minimum Gasteiger partial charge on any atom is -0.391 e. The van der Waals surface area contributed by atoms with Crippen molar-refractivity contribution in [2.45, 2.75) is 18.9 Å². The van der Waals surface area contributed by atoms with Gasteiger partial charge in [-0.1, -0.05) is 0 Å². The van der Waals surface area contributed by atoms with Crippen molar-refractivity contribution in [1.82, 2.24) is 14.9 Å². The molecule has 0 spiro atoms. The molecule has 1 unspecified atom stereocenters. The molecule has 15 heavy (non-hydrogen) atoms. The molecule has 1 fully saturated rings. The highest BCUT2D eigenvalue weighted by molar-refractivity contribution is 5.78. The maximum absolute atomic E-state index is 11.3. The third-order valence-electron chi connectivity index (χ3n) is 2.48. The lowest BCUT2D eigenvalue weighted by molar-refractivity contribution is -0.127. The lowest BCUT2D eigenvalue weighted by Gasteiger charge is -2.14. The number of rotatable bonds is 3. The van der Waals surface area contributed by atoms with Crippen LogP contribution in [0.3, 0.4) is 0 Å². The van der Waals surface area contributed by atoms with E-state index in [9.17, 15) is 9.90 Å². The van der Waals surface area contributed by atoms with Crippen LogP contribution in [0.5, 0.6) is 0 Å². The van der Waals surface area contributed by atoms with Crippen molar-refractivity contribution in [3.63, 3.8) is 0 Å². The fourth-order valence-corrected chi connectivity index (χ4v) is 1.68. The number of nitrogens with zero attached hydrogens (tertiary/aromatic N) is 3. The number of hydrogen-bond acceptors (Lipinski definition) is 4. The van der Waals surface area contributed by atoms with E-state index in [1.54, 1.807) is 11.1 Å². The molecule has 2 heterocycles. The van der Waals surface area contributed by atoms with E-state index in [-0.39, 0.29) is 12.3 Å². The van der Waals surface area contributed by atoms with Gasteiger partial charge in [0.05, 0.1) is 12.5 Å². The van der Waals surface area contributed by atoms with Crippen LogP contribution in [0, 0.1) is 0 Å². The van der Waals surface area contributed by atoms with Gasteiger partial charge in [0, 0.05) is 31.4 Å². The van der Waals surface area contributed by atoms with Crippen molar-refractivity contribution in [2.75, 3.05) is 13.1 Å². The van der Waals surface area contributed by atoms with Gasteiger partial charge in [0.15, 0.2) is 0 Å². The first kappa shape index (κ1) is 10.0. The van der Waals surface area contributed by atoms with Crippen LogP contribution in [0.1, 0.15) is 12.1 Å². The smallest absolute Gasteiger partial charge is 0.225 e. The first-order valence-electron chi connectivity index (χ1n) is 4.96. The van der Waals surface area contributed by atoms with Crippen molar-refractivity contribution >= 4 is 5.91 Å². The van der Waals surface area contributed by atoms with Crippen LogP contribution in [0.25, 0.3) is 0 Å². The van der Waals surface area contributed by atoms with Gasteiger partial charge in [-0.3, -0.25) is 4.79 Å². The molecule has 1 aromatic heterocycles. The van der Waals surface area contributed by atoms with E-state index >= 15 is 0 Å². The predicted octanol–water partition coefficient (Wildman–Crippen LogP) is -0.388. The molecule has 1 saturated heterocycles. The Bertz CT molecular complexity index is 342. The molecule has 80 valence electrons. The molecule has 1 aromatic rings. The van der Waals surface area contributed by atoms with Gasteiger partial charge in [0.25, 0.3) is 0 Å². The second-order valence-electron chi connectivity index (χ2n) is 3.65. The summed E-state index contributed by atoms with van der Waals surface area (Å²) in [5, 5.41) is 9.28. The van der Waals surface area contributed by atoms with Gasteiger partial charge >= 0.3 is 0 Å². The molecule has 5 heteroatoms. The average Bonchev–Trinajstić information content (AvgIpc) is 2.56. The largest absolute Gasteiger partial charge is 0.391 e. The lowest BCUT2D eigenvalue weighted by atomic mass is 10.3. The minimum absolute atomic E-state index is 0.0246. The Balaban J connectivity index is 1.86. The summed E-state index contributed by atoms with van der Waals surface area (Å²) in [5.74, 6) is 0.0246. The van der Waals surface area contributed by atoms with Gasteiger partial charge in [0.2, 0.25) is 5.91 Å². The van der Waals surface area contributed by atoms with Crippen molar-refractivity contribution in [2.24, 2.45) is 0 Å². The van der Waals surface area contributed by atoms with Gasteiger partial charge in [-0.05, 0) is 6.07 Å². The van der Waals surface area contributed by atoms with Gasteiger partial charge in [0.1, 0.15) is 6.33 Å². The standard InChI is InChI=1S/C10H13N3O2/c14-9-5-10(15)13(6-9)4-2-8-1-3-11-7-12-8/h1,3,7,9,14H,2,4-6H2. The Morgan fingerprint density at radius 1 is 1.60 bits per heavy atom. The van der Waals surface area contributed by atoms with Crippen LogP contribution in [-0.4, -0.2) is 45.1 Å². The number of β-amino-alcohol motifs (C(OH)–C–C–N with tert-alkyl or cyclic N) is 1. The first-order valence-corrected chi connectivity index (χ1v) is 4.96. The summed E-state index contributed by atoms with van der Waals surface area (Å²) in [6, 6.07) is 1.83. The van der Waals surface area contributed by atoms with E-state index in [0.29, 0.717) is 19.5 Å². The van der Waals surface area contributed by atoms with Crippen molar-refractivity contribution in [3.05, 3.63) is 24.3 Å².